The molecule has 0 radical (unpaired) electrons. The number of benzene rings is 1. The zero-order valence-corrected chi connectivity index (χ0v) is 14.8. The number of hydrogen-bond donors (Lipinski definition) is 2. The van der Waals surface area contributed by atoms with E-state index in [2.05, 4.69) is 15.2 Å². The molecule has 1 unspecified atom stereocenters. The van der Waals surface area contributed by atoms with Gasteiger partial charge in [0.15, 0.2) is 5.96 Å². The number of halogens is 1. The Bertz CT molecular complexity index is 501. The molecule has 0 aromatic heterocycles. The molecule has 1 heterocycles. The van der Waals surface area contributed by atoms with E-state index >= 15 is 0 Å². The largest absolute Gasteiger partial charge is 0.387 e. The standard InChI is InChI=1S/C16H24ClN3OS/c1-3-18-15(19-11-16(21)8-9-22-12-16)20(2)10-13-4-6-14(17)7-5-13/h4-7,21H,3,8-12H2,1-2H3,(H,18,19). The average Bonchev–Trinajstić information content (AvgIpc) is 2.93. The summed E-state index contributed by atoms with van der Waals surface area (Å²) in [7, 11) is 2.00. The minimum atomic E-state index is -0.646. The second-order valence-corrected chi connectivity index (χ2v) is 7.22. The normalized spacial score (nSPS) is 21.9. The Labute approximate surface area is 142 Å². The van der Waals surface area contributed by atoms with Gasteiger partial charge in [-0.05, 0) is 36.8 Å². The molecule has 1 aliphatic rings. The molecule has 22 heavy (non-hydrogen) atoms. The fraction of sp³-hybridized carbons (Fsp3) is 0.562. The second kappa shape index (κ2) is 8.09. The fourth-order valence-electron chi connectivity index (χ4n) is 2.35. The molecule has 0 saturated carbocycles. The van der Waals surface area contributed by atoms with Crippen LogP contribution < -0.4 is 5.32 Å². The van der Waals surface area contributed by atoms with Gasteiger partial charge in [-0.15, -0.1) is 0 Å². The van der Waals surface area contributed by atoms with Gasteiger partial charge < -0.3 is 15.3 Å². The van der Waals surface area contributed by atoms with Crippen LogP contribution in [-0.2, 0) is 6.54 Å². The summed E-state index contributed by atoms with van der Waals surface area (Å²) in [5, 5.41) is 14.5. The van der Waals surface area contributed by atoms with Crippen molar-refractivity contribution in [1.82, 2.24) is 10.2 Å². The molecule has 122 valence electrons. The molecule has 1 atom stereocenters. The van der Waals surface area contributed by atoms with Crippen LogP contribution in [0.1, 0.15) is 18.9 Å². The molecule has 0 amide bonds. The lowest BCUT2D eigenvalue weighted by Gasteiger charge is -2.24. The Balaban J connectivity index is 2.00. The molecule has 2 N–H and O–H groups in total. The third kappa shape index (κ3) is 5.07. The van der Waals surface area contributed by atoms with Crippen molar-refractivity contribution >= 4 is 29.3 Å². The van der Waals surface area contributed by atoms with Crippen molar-refractivity contribution in [3.05, 3.63) is 34.9 Å². The number of nitrogens with one attached hydrogen (secondary N) is 1. The van der Waals surface area contributed by atoms with Crippen molar-refractivity contribution in [1.29, 1.82) is 0 Å². The first-order chi connectivity index (χ1) is 10.5. The third-order valence-electron chi connectivity index (χ3n) is 3.64. The maximum atomic E-state index is 10.4. The number of aliphatic hydroxyl groups is 1. The zero-order valence-electron chi connectivity index (χ0n) is 13.2. The Kier molecular flexibility index (Phi) is 6.41. The molecule has 0 bridgehead atoms. The zero-order chi connectivity index (χ0) is 16.0. The first-order valence-corrected chi connectivity index (χ1v) is 9.10. The van der Waals surface area contributed by atoms with Crippen LogP contribution in [0.3, 0.4) is 0 Å². The van der Waals surface area contributed by atoms with E-state index in [-0.39, 0.29) is 0 Å². The number of rotatable bonds is 5. The maximum Gasteiger partial charge on any atom is 0.194 e. The van der Waals surface area contributed by atoms with Crippen LogP contribution in [0.15, 0.2) is 29.3 Å². The summed E-state index contributed by atoms with van der Waals surface area (Å²) in [6, 6.07) is 7.83. The Morgan fingerprint density at radius 2 is 2.18 bits per heavy atom. The van der Waals surface area contributed by atoms with Crippen LogP contribution in [0.2, 0.25) is 5.02 Å². The predicted octanol–water partition coefficient (Wildman–Crippen LogP) is 2.61. The lowest BCUT2D eigenvalue weighted by molar-refractivity contribution is 0.0776. The van der Waals surface area contributed by atoms with Gasteiger partial charge in [-0.25, -0.2) is 0 Å². The number of aliphatic imine (C=N–C) groups is 1. The highest BCUT2D eigenvalue weighted by Crippen LogP contribution is 2.27. The van der Waals surface area contributed by atoms with E-state index < -0.39 is 5.60 Å². The average molecular weight is 342 g/mol. The minimum Gasteiger partial charge on any atom is -0.387 e. The van der Waals surface area contributed by atoms with Gasteiger partial charge in [0.1, 0.15) is 0 Å². The van der Waals surface area contributed by atoms with E-state index in [4.69, 9.17) is 11.6 Å². The molecule has 0 aliphatic carbocycles. The van der Waals surface area contributed by atoms with Crippen LogP contribution in [0.4, 0.5) is 0 Å². The fourth-order valence-corrected chi connectivity index (χ4v) is 3.76. The smallest absolute Gasteiger partial charge is 0.194 e. The SMILES string of the molecule is CCNC(=NCC1(O)CCSC1)N(C)Cc1ccc(Cl)cc1. The summed E-state index contributed by atoms with van der Waals surface area (Å²) >= 11 is 7.71. The van der Waals surface area contributed by atoms with Crippen LogP contribution in [0, 0.1) is 0 Å². The number of thioether (sulfide) groups is 1. The van der Waals surface area contributed by atoms with Crippen LogP contribution in [0.5, 0.6) is 0 Å². The number of nitrogens with zero attached hydrogens (tertiary/aromatic N) is 2. The Morgan fingerprint density at radius 1 is 1.45 bits per heavy atom. The van der Waals surface area contributed by atoms with Gasteiger partial charge in [-0.3, -0.25) is 4.99 Å². The lowest BCUT2D eigenvalue weighted by Crippen LogP contribution is -2.41. The van der Waals surface area contributed by atoms with E-state index in [1.54, 1.807) is 11.8 Å². The van der Waals surface area contributed by atoms with Gasteiger partial charge >= 0.3 is 0 Å². The topological polar surface area (TPSA) is 47.9 Å². The summed E-state index contributed by atoms with van der Waals surface area (Å²) in [5.41, 5.74) is 0.527. The molecule has 1 saturated heterocycles. The maximum absolute atomic E-state index is 10.4. The van der Waals surface area contributed by atoms with Crippen molar-refractivity contribution in [3.8, 4) is 0 Å². The minimum absolute atomic E-state index is 0.452. The van der Waals surface area contributed by atoms with E-state index in [0.29, 0.717) is 6.54 Å². The molecule has 1 aromatic carbocycles. The third-order valence-corrected chi connectivity index (χ3v) is 5.12. The highest BCUT2D eigenvalue weighted by atomic mass is 35.5. The van der Waals surface area contributed by atoms with Crippen LogP contribution >= 0.6 is 23.4 Å². The molecule has 1 aromatic rings. The lowest BCUT2D eigenvalue weighted by atomic mass is 10.0. The van der Waals surface area contributed by atoms with Gasteiger partial charge in [-0.1, -0.05) is 23.7 Å². The molecule has 0 spiro atoms. The summed E-state index contributed by atoms with van der Waals surface area (Å²) < 4.78 is 0. The molecule has 1 fully saturated rings. The molecule has 6 heteroatoms. The first kappa shape index (κ1) is 17.4. The number of hydrogen-bond acceptors (Lipinski definition) is 3. The molecule has 1 aliphatic heterocycles. The predicted molar refractivity (Wildman–Crippen MR) is 95.8 cm³/mol. The Hall–Kier alpha value is -0.910. The molecular weight excluding hydrogens is 318 g/mol. The molecular formula is C16H24ClN3OS. The first-order valence-electron chi connectivity index (χ1n) is 7.56. The van der Waals surface area contributed by atoms with Gasteiger partial charge in [-0.2, -0.15) is 11.8 Å². The van der Waals surface area contributed by atoms with E-state index in [1.165, 1.54) is 5.56 Å². The van der Waals surface area contributed by atoms with Crippen LogP contribution in [-0.4, -0.2) is 53.2 Å². The van der Waals surface area contributed by atoms with E-state index in [1.807, 2.05) is 38.2 Å². The van der Waals surface area contributed by atoms with Gasteiger partial charge in [0.2, 0.25) is 0 Å². The van der Waals surface area contributed by atoms with Crippen molar-refractivity contribution in [2.45, 2.75) is 25.5 Å². The molecule has 2 rings (SSSR count). The van der Waals surface area contributed by atoms with Crippen LogP contribution in [0.25, 0.3) is 0 Å². The van der Waals surface area contributed by atoms with E-state index in [0.717, 1.165) is 42.0 Å². The molecule has 4 nitrogen and oxygen atoms in total. The van der Waals surface area contributed by atoms with Crippen molar-refractivity contribution in [2.24, 2.45) is 4.99 Å². The number of guanidine groups is 1. The highest BCUT2D eigenvalue weighted by Gasteiger charge is 2.31. The van der Waals surface area contributed by atoms with Gasteiger partial charge in [0.05, 0.1) is 12.1 Å². The van der Waals surface area contributed by atoms with Gasteiger partial charge in [0.25, 0.3) is 0 Å². The van der Waals surface area contributed by atoms with Crippen molar-refractivity contribution in [3.63, 3.8) is 0 Å². The highest BCUT2D eigenvalue weighted by molar-refractivity contribution is 7.99. The van der Waals surface area contributed by atoms with E-state index in [9.17, 15) is 5.11 Å². The summed E-state index contributed by atoms with van der Waals surface area (Å²) in [4.78, 5) is 6.69. The van der Waals surface area contributed by atoms with Gasteiger partial charge in [0, 0.05) is 30.9 Å². The second-order valence-electron chi connectivity index (χ2n) is 5.68. The van der Waals surface area contributed by atoms with Crippen molar-refractivity contribution < 1.29 is 5.11 Å². The van der Waals surface area contributed by atoms with Crippen molar-refractivity contribution in [2.75, 3.05) is 31.6 Å². The summed E-state index contributed by atoms with van der Waals surface area (Å²) in [6.45, 7) is 4.05. The summed E-state index contributed by atoms with van der Waals surface area (Å²) in [6.07, 6.45) is 0.821. The Morgan fingerprint density at radius 3 is 2.77 bits per heavy atom. The summed E-state index contributed by atoms with van der Waals surface area (Å²) in [5.74, 6) is 2.61. The monoisotopic (exact) mass is 341 g/mol. The quantitative estimate of drug-likeness (QED) is 0.638.